The number of methoxy groups -OCH3 is 1. The molecule has 4 heteroatoms. The first kappa shape index (κ1) is 10.6. The predicted octanol–water partition coefficient (Wildman–Crippen LogP) is 1.37. The fourth-order valence-corrected chi connectivity index (χ4v) is 1.50. The summed E-state index contributed by atoms with van der Waals surface area (Å²) in [5.74, 6) is 0. The van der Waals surface area contributed by atoms with Gasteiger partial charge in [-0.2, -0.15) is 0 Å². The number of aliphatic hydroxyl groups excluding tert-OH is 1. The topological polar surface area (TPSA) is 47.9 Å². The molecule has 2 rings (SSSR count). The summed E-state index contributed by atoms with van der Waals surface area (Å²) in [5.41, 5.74) is 1.68. The summed E-state index contributed by atoms with van der Waals surface area (Å²) in [5, 5.41) is 9.40. The van der Waals surface area contributed by atoms with Gasteiger partial charge in [0.15, 0.2) is 12.6 Å². The van der Waals surface area contributed by atoms with E-state index in [1.54, 1.807) is 12.1 Å². The Balaban J connectivity index is 2.09. The van der Waals surface area contributed by atoms with Gasteiger partial charge >= 0.3 is 0 Å². The van der Waals surface area contributed by atoms with Crippen LogP contribution in [-0.4, -0.2) is 25.4 Å². The van der Waals surface area contributed by atoms with Crippen LogP contribution in [0.15, 0.2) is 24.3 Å². The molecule has 1 heterocycles. The number of hydrogen-bond donors (Lipinski definition) is 1. The molecule has 1 N–H and O–H groups in total. The van der Waals surface area contributed by atoms with Crippen molar-refractivity contribution >= 4 is 0 Å². The van der Waals surface area contributed by atoms with Crippen LogP contribution in [0.1, 0.15) is 23.7 Å². The van der Waals surface area contributed by atoms with E-state index in [2.05, 4.69) is 0 Å². The third kappa shape index (κ3) is 2.35. The molecule has 82 valence electrons. The normalized spacial score (nSPS) is 19.3. The first-order valence-electron chi connectivity index (χ1n) is 4.85. The molecule has 0 amide bonds. The minimum atomic E-state index is -0.871. The smallest absolute Gasteiger partial charge is 0.184 e. The van der Waals surface area contributed by atoms with Gasteiger partial charge in [0, 0.05) is 18.2 Å². The van der Waals surface area contributed by atoms with Crippen LogP contribution < -0.4 is 0 Å². The molecule has 0 bridgehead atoms. The zero-order chi connectivity index (χ0) is 10.7. The van der Waals surface area contributed by atoms with Crippen molar-refractivity contribution in [1.82, 2.24) is 0 Å². The van der Waals surface area contributed by atoms with Crippen LogP contribution in [0.3, 0.4) is 0 Å². The number of ether oxygens (including phenoxy) is 3. The van der Waals surface area contributed by atoms with Gasteiger partial charge in [-0.25, -0.2) is 0 Å². The van der Waals surface area contributed by atoms with Gasteiger partial charge < -0.3 is 19.3 Å². The van der Waals surface area contributed by atoms with Gasteiger partial charge in [0.25, 0.3) is 0 Å². The molecule has 0 aromatic heterocycles. The maximum Gasteiger partial charge on any atom is 0.184 e. The van der Waals surface area contributed by atoms with E-state index >= 15 is 0 Å². The molecule has 4 nitrogen and oxygen atoms in total. The van der Waals surface area contributed by atoms with E-state index in [0.29, 0.717) is 13.2 Å². The second-order valence-corrected chi connectivity index (χ2v) is 3.33. The summed E-state index contributed by atoms with van der Waals surface area (Å²) >= 11 is 0. The summed E-state index contributed by atoms with van der Waals surface area (Å²) in [6.45, 7) is 1.26. The van der Waals surface area contributed by atoms with Crippen LogP contribution in [-0.2, 0) is 14.2 Å². The van der Waals surface area contributed by atoms with Gasteiger partial charge in [-0.05, 0) is 0 Å². The molecule has 1 fully saturated rings. The molecule has 0 aliphatic carbocycles. The van der Waals surface area contributed by atoms with E-state index in [1.165, 1.54) is 7.11 Å². The highest BCUT2D eigenvalue weighted by Gasteiger charge is 2.18. The molecule has 1 aromatic carbocycles. The second-order valence-electron chi connectivity index (χ2n) is 3.33. The monoisotopic (exact) mass is 210 g/mol. The third-order valence-corrected chi connectivity index (χ3v) is 2.34. The Kier molecular flexibility index (Phi) is 3.33. The Morgan fingerprint density at radius 1 is 1.27 bits per heavy atom. The maximum absolute atomic E-state index is 9.40. The number of benzene rings is 1. The average Bonchev–Trinajstić information content (AvgIpc) is 2.82. The van der Waals surface area contributed by atoms with Gasteiger partial charge in [0.1, 0.15) is 0 Å². The Labute approximate surface area is 88.4 Å². The average molecular weight is 210 g/mol. The lowest BCUT2D eigenvalue weighted by Crippen LogP contribution is -2.01. The van der Waals surface area contributed by atoms with Crippen molar-refractivity contribution in [2.24, 2.45) is 0 Å². The Morgan fingerprint density at radius 2 is 1.87 bits per heavy atom. The second kappa shape index (κ2) is 4.72. The molecule has 1 saturated heterocycles. The van der Waals surface area contributed by atoms with E-state index in [4.69, 9.17) is 14.2 Å². The van der Waals surface area contributed by atoms with E-state index in [-0.39, 0.29) is 6.29 Å². The van der Waals surface area contributed by atoms with E-state index < -0.39 is 6.29 Å². The van der Waals surface area contributed by atoms with Crippen LogP contribution in [0.4, 0.5) is 0 Å². The molecule has 1 atom stereocenters. The fraction of sp³-hybridized carbons (Fsp3) is 0.455. The van der Waals surface area contributed by atoms with Crippen molar-refractivity contribution < 1.29 is 19.3 Å². The van der Waals surface area contributed by atoms with Crippen molar-refractivity contribution in [2.45, 2.75) is 12.6 Å². The molecule has 0 spiro atoms. The SMILES string of the molecule is COC(O)c1ccc(C2OCCO2)cc1. The Morgan fingerprint density at radius 3 is 2.40 bits per heavy atom. The predicted molar refractivity (Wildman–Crippen MR) is 53.1 cm³/mol. The molecule has 1 unspecified atom stereocenters. The van der Waals surface area contributed by atoms with E-state index in [0.717, 1.165) is 11.1 Å². The van der Waals surface area contributed by atoms with Crippen LogP contribution in [0, 0.1) is 0 Å². The minimum absolute atomic E-state index is 0.265. The molecule has 1 aromatic rings. The molecular weight excluding hydrogens is 196 g/mol. The summed E-state index contributed by atoms with van der Waals surface area (Å²) < 4.78 is 15.5. The van der Waals surface area contributed by atoms with Crippen molar-refractivity contribution in [3.63, 3.8) is 0 Å². The Bertz CT molecular complexity index is 303. The summed E-state index contributed by atoms with van der Waals surface area (Å²) in [4.78, 5) is 0. The zero-order valence-corrected chi connectivity index (χ0v) is 8.55. The lowest BCUT2D eigenvalue weighted by Gasteiger charge is -2.12. The van der Waals surface area contributed by atoms with Gasteiger partial charge in [-0.15, -0.1) is 0 Å². The third-order valence-electron chi connectivity index (χ3n) is 2.34. The lowest BCUT2D eigenvalue weighted by molar-refractivity contribution is -0.0771. The highest BCUT2D eigenvalue weighted by atomic mass is 16.7. The summed E-state index contributed by atoms with van der Waals surface area (Å²) in [6.07, 6.45) is -1.14. The molecule has 1 aliphatic rings. The van der Waals surface area contributed by atoms with Crippen molar-refractivity contribution in [1.29, 1.82) is 0 Å². The summed E-state index contributed by atoms with van der Waals surface area (Å²) in [7, 11) is 1.46. The quantitative estimate of drug-likeness (QED) is 0.765. The van der Waals surface area contributed by atoms with Crippen molar-refractivity contribution in [3.8, 4) is 0 Å². The zero-order valence-electron chi connectivity index (χ0n) is 8.55. The first-order valence-corrected chi connectivity index (χ1v) is 4.85. The van der Waals surface area contributed by atoms with Gasteiger partial charge in [0.05, 0.1) is 13.2 Å². The number of rotatable bonds is 3. The van der Waals surface area contributed by atoms with Crippen molar-refractivity contribution in [3.05, 3.63) is 35.4 Å². The summed E-state index contributed by atoms with van der Waals surface area (Å²) in [6, 6.07) is 7.34. The molecular formula is C11H14O4. The number of hydrogen-bond acceptors (Lipinski definition) is 4. The highest BCUT2D eigenvalue weighted by Crippen LogP contribution is 2.24. The van der Waals surface area contributed by atoms with Crippen LogP contribution >= 0.6 is 0 Å². The minimum Gasteiger partial charge on any atom is -0.364 e. The van der Waals surface area contributed by atoms with Crippen LogP contribution in [0.25, 0.3) is 0 Å². The van der Waals surface area contributed by atoms with E-state index in [9.17, 15) is 5.11 Å². The van der Waals surface area contributed by atoms with Crippen LogP contribution in [0.5, 0.6) is 0 Å². The van der Waals surface area contributed by atoms with Crippen LogP contribution in [0.2, 0.25) is 0 Å². The highest BCUT2D eigenvalue weighted by molar-refractivity contribution is 5.24. The first-order chi connectivity index (χ1) is 7.31. The maximum atomic E-state index is 9.40. The molecule has 0 radical (unpaired) electrons. The standard InChI is InChI=1S/C11H14O4/c1-13-10(12)8-2-4-9(5-3-8)11-14-6-7-15-11/h2-5,10-12H,6-7H2,1H3. The fourth-order valence-electron chi connectivity index (χ4n) is 1.50. The van der Waals surface area contributed by atoms with E-state index in [1.807, 2.05) is 12.1 Å². The van der Waals surface area contributed by atoms with Crippen molar-refractivity contribution in [2.75, 3.05) is 20.3 Å². The lowest BCUT2D eigenvalue weighted by atomic mass is 10.1. The molecule has 15 heavy (non-hydrogen) atoms. The van der Waals surface area contributed by atoms with Gasteiger partial charge in [-0.3, -0.25) is 0 Å². The largest absolute Gasteiger partial charge is 0.364 e. The molecule has 1 aliphatic heterocycles. The Hall–Kier alpha value is -0.940. The van der Waals surface area contributed by atoms with Gasteiger partial charge in [-0.1, -0.05) is 24.3 Å². The number of aliphatic hydroxyl groups is 1. The molecule has 0 saturated carbocycles. The van der Waals surface area contributed by atoms with Gasteiger partial charge in [0.2, 0.25) is 0 Å².